The quantitative estimate of drug-likeness (QED) is 0.0787. The molecule has 0 fully saturated rings. The van der Waals surface area contributed by atoms with Gasteiger partial charge in [0.05, 0.1) is 13.2 Å². The van der Waals surface area contributed by atoms with Gasteiger partial charge in [-0.05, 0) is 51.7 Å². The molecular formula is C29H62NO4P. The van der Waals surface area contributed by atoms with Gasteiger partial charge in [-0.3, -0.25) is 9.05 Å². The summed E-state index contributed by atoms with van der Waals surface area (Å²) < 4.78 is 22.4. The number of nitrogens with zero attached hydrogens (tertiary/aromatic N) is 1. The molecule has 1 unspecified atom stereocenters. The molecular weight excluding hydrogens is 457 g/mol. The van der Waals surface area contributed by atoms with E-state index in [9.17, 15) is 9.46 Å². The van der Waals surface area contributed by atoms with Crippen LogP contribution in [-0.4, -0.2) is 42.6 Å². The molecule has 0 aliphatic rings. The van der Waals surface area contributed by atoms with Crippen molar-refractivity contribution in [1.82, 2.24) is 4.90 Å². The molecule has 0 saturated heterocycles. The van der Waals surface area contributed by atoms with Crippen LogP contribution in [0, 0.1) is 0 Å². The molecule has 0 bridgehead atoms. The summed E-state index contributed by atoms with van der Waals surface area (Å²) in [4.78, 5) is 12.5. The third-order valence-electron chi connectivity index (χ3n) is 6.78. The summed E-state index contributed by atoms with van der Waals surface area (Å²) >= 11 is 0. The zero-order valence-electron chi connectivity index (χ0n) is 24.0. The zero-order valence-corrected chi connectivity index (χ0v) is 24.8. The minimum atomic E-state index is -3.90. The third kappa shape index (κ3) is 26.9. The molecule has 35 heavy (non-hydrogen) atoms. The van der Waals surface area contributed by atoms with E-state index >= 15 is 0 Å². The van der Waals surface area contributed by atoms with E-state index in [2.05, 4.69) is 25.7 Å². The van der Waals surface area contributed by atoms with Gasteiger partial charge in [0, 0.05) is 0 Å². The fourth-order valence-electron chi connectivity index (χ4n) is 4.46. The smallest absolute Gasteiger partial charge is 0.303 e. The van der Waals surface area contributed by atoms with Gasteiger partial charge in [-0.15, -0.1) is 0 Å². The standard InChI is InChI=1S/C29H62NO4P/c1-4-7-10-13-16-19-23-28-33-35(31,32)34-29-24-22-27-30(25-20-17-14-11-8-5-2)26-21-18-15-12-9-6-3/h4-29H2,1-3H3,(H,31,32). The van der Waals surface area contributed by atoms with Crippen molar-refractivity contribution in [2.45, 2.75) is 156 Å². The Morgan fingerprint density at radius 2 is 0.771 bits per heavy atom. The Balaban J connectivity index is 3.97. The molecule has 0 amide bonds. The lowest BCUT2D eigenvalue weighted by Crippen LogP contribution is -2.27. The number of hydrogen-bond donors (Lipinski definition) is 1. The lowest BCUT2D eigenvalue weighted by atomic mass is 10.1. The van der Waals surface area contributed by atoms with Crippen LogP contribution in [0.3, 0.4) is 0 Å². The summed E-state index contributed by atoms with van der Waals surface area (Å²) in [6.45, 7) is 10.8. The lowest BCUT2D eigenvalue weighted by Gasteiger charge is -2.22. The van der Waals surface area contributed by atoms with Crippen molar-refractivity contribution >= 4 is 7.82 Å². The Hall–Kier alpha value is 0.0700. The van der Waals surface area contributed by atoms with Gasteiger partial charge in [0.25, 0.3) is 0 Å². The molecule has 0 aliphatic carbocycles. The van der Waals surface area contributed by atoms with Gasteiger partial charge in [0.1, 0.15) is 0 Å². The van der Waals surface area contributed by atoms with Crippen LogP contribution >= 0.6 is 7.82 Å². The highest BCUT2D eigenvalue weighted by Crippen LogP contribution is 2.43. The van der Waals surface area contributed by atoms with Crippen LogP contribution in [-0.2, 0) is 13.6 Å². The zero-order chi connectivity index (χ0) is 25.9. The molecule has 5 nitrogen and oxygen atoms in total. The van der Waals surface area contributed by atoms with Crippen LogP contribution in [0.2, 0.25) is 0 Å². The SMILES string of the molecule is CCCCCCCCCOP(=O)(O)OCCCCN(CCCCCCCC)CCCCCCCC. The molecule has 0 radical (unpaired) electrons. The first kappa shape index (κ1) is 35.1. The molecule has 6 heteroatoms. The second-order valence-electron chi connectivity index (χ2n) is 10.3. The molecule has 0 aromatic carbocycles. The molecule has 0 aromatic heterocycles. The third-order valence-corrected chi connectivity index (χ3v) is 7.80. The van der Waals surface area contributed by atoms with E-state index in [-0.39, 0.29) is 0 Å². The van der Waals surface area contributed by atoms with Gasteiger partial charge in [-0.2, -0.15) is 0 Å². The van der Waals surface area contributed by atoms with Crippen LogP contribution < -0.4 is 0 Å². The van der Waals surface area contributed by atoms with E-state index in [4.69, 9.17) is 9.05 Å². The van der Waals surface area contributed by atoms with Gasteiger partial charge >= 0.3 is 7.82 Å². The molecule has 0 aromatic rings. The molecule has 1 atom stereocenters. The van der Waals surface area contributed by atoms with Crippen LogP contribution in [0.4, 0.5) is 0 Å². The number of phosphoric acid groups is 1. The summed E-state index contributed by atoms with van der Waals surface area (Å²) in [6.07, 6.45) is 26.0. The lowest BCUT2D eigenvalue weighted by molar-refractivity contribution is 0.143. The fraction of sp³-hybridized carbons (Fsp3) is 1.00. The van der Waals surface area contributed by atoms with E-state index in [0.29, 0.717) is 13.2 Å². The first-order chi connectivity index (χ1) is 17.1. The maximum Gasteiger partial charge on any atom is 0.472 e. The topological polar surface area (TPSA) is 59.0 Å². The maximum absolute atomic E-state index is 12.1. The fourth-order valence-corrected chi connectivity index (χ4v) is 5.25. The van der Waals surface area contributed by atoms with E-state index in [1.165, 1.54) is 122 Å². The number of rotatable bonds is 29. The van der Waals surface area contributed by atoms with Crippen LogP contribution in [0.25, 0.3) is 0 Å². The Bertz CT molecular complexity index is 448. The van der Waals surface area contributed by atoms with Crippen molar-refractivity contribution in [2.75, 3.05) is 32.8 Å². The van der Waals surface area contributed by atoms with Crippen molar-refractivity contribution in [2.24, 2.45) is 0 Å². The largest absolute Gasteiger partial charge is 0.472 e. The normalized spacial score (nSPS) is 13.5. The van der Waals surface area contributed by atoms with E-state index in [1.807, 2.05) is 0 Å². The molecule has 0 aliphatic heterocycles. The average molecular weight is 520 g/mol. The number of phosphoric ester groups is 1. The summed E-state index contributed by atoms with van der Waals surface area (Å²) in [5.74, 6) is 0. The van der Waals surface area contributed by atoms with Gasteiger partial charge in [0.15, 0.2) is 0 Å². The highest BCUT2D eigenvalue weighted by molar-refractivity contribution is 7.47. The first-order valence-electron chi connectivity index (χ1n) is 15.4. The van der Waals surface area contributed by atoms with Crippen molar-refractivity contribution < 1.29 is 18.5 Å². The van der Waals surface area contributed by atoms with Gasteiger partial charge in [0.2, 0.25) is 0 Å². The minimum Gasteiger partial charge on any atom is -0.303 e. The molecule has 0 saturated carbocycles. The van der Waals surface area contributed by atoms with Crippen LogP contribution in [0.15, 0.2) is 0 Å². The van der Waals surface area contributed by atoms with Gasteiger partial charge in [-0.25, -0.2) is 4.57 Å². The summed E-state index contributed by atoms with van der Waals surface area (Å²) in [5.41, 5.74) is 0. The predicted octanol–water partition coefficient (Wildman–Crippen LogP) is 9.67. The summed E-state index contributed by atoms with van der Waals surface area (Å²) in [7, 11) is -3.90. The maximum atomic E-state index is 12.1. The Kier molecular flexibility index (Phi) is 27.2. The van der Waals surface area contributed by atoms with E-state index in [0.717, 1.165) is 32.2 Å². The monoisotopic (exact) mass is 519 g/mol. The Labute approximate surface area is 219 Å². The predicted molar refractivity (Wildman–Crippen MR) is 152 cm³/mol. The average Bonchev–Trinajstić information content (AvgIpc) is 2.84. The highest BCUT2D eigenvalue weighted by Gasteiger charge is 2.20. The molecule has 0 rings (SSSR count). The van der Waals surface area contributed by atoms with Crippen molar-refractivity contribution in [3.8, 4) is 0 Å². The highest BCUT2D eigenvalue weighted by atomic mass is 31.2. The molecule has 212 valence electrons. The minimum absolute atomic E-state index is 0.298. The van der Waals surface area contributed by atoms with E-state index < -0.39 is 7.82 Å². The van der Waals surface area contributed by atoms with Gasteiger partial charge < -0.3 is 9.79 Å². The number of hydrogen-bond acceptors (Lipinski definition) is 4. The summed E-state index contributed by atoms with van der Waals surface area (Å²) in [6, 6.07) is 0. The summed E-state index contributed by atoms with van der Waals surface area (Å²) in [5, 5.41) is 0. The van der Waals surface area contributed by atoms with Crippen LogP contribution in [0.1, 0.15) is 156 Å². The Morgan fingerprint density at radius 1 is 0.486 bits per heavy atom. The van der Waals surface area contributed by atoms with Crippen molar-refractivity contribution in [3.05, 3.63) is 0 Å². The van der Waals surface area contributed by atoms with Crippen molar-refractivity contribution in [1.29, 1.82) is 0 Å². The van der Waals surface area contributed by atoms with Gasteiger partial charge in [-0.1, -0.05) is 124 Å². The van der Waals surface area contributed by atoms with Crippen LogP contribution in [0.5, 0.6) is 0 Å². The number of unbranched alkanes of at least 4 members (excludes halogenated alkanes) is 17. The van der Waals surface area contributed by atoms with Crippen molar-refractivity contribution in [3.63, 3.8) is 0 Å². The molecule has 0 heterocycles. The second-order valence-corrected chi connectivity index (χ2v) is 11.8. The second kappa shape index (κ2) is 27.1. The first-order valence-corrected chi connectivity index (χ1v) is 16.9. The Morgan fingerprint density at radius 3 is 1.17 bits per heavy atom. The van der Waals surface area contributed by atoms with E-state index in [1.54, 1.807) is 0 Å². The molecule has 0 spiro atoms. The molecule has 1 N–H and O–H groups in total.